The average Bonchev–Trinajstić information content (AvgIpc) is 2.49. The lowest BCUT2D eigenvalue weighted by Crippen LogP contribution is -2.28. The summed E-state index contributed by atoms with van der Waals surface area (Å²) in [6.07, 6.45) is 6.85. The Bertz CT molecular complexity index is 653. The van der Waals surface area contributed by atoms with Gasteiger partial charge in [0, 0.05) is 5.56 Å². The van der Waals surface area contributed by atoms with E-state index in [0.717, 1.165) is 24.0 Å². The molecule has 0 heterocycles. The predicted octanol–water partition coefficient (Wildman–Crippen LogP) is 5.87. The van der Waals surface area contributed by atoms with Crippen LogP contribution in [0, 0.1) is 12.8 Å². The Hall–Kier alpha value is -1.44. The van der Waals surface area contributed by atoms with Crippen LogP contribution in [0.25, 0.3) is 0 Å². The number of hydrogen-bond donors (Lipinski definition) is 2. The zero-order chi connectivity index (χ0) is 16.9. The van der Waals surface area contributed by atoms with E-state index in [1.807, 2.05) is 6.92 Å². The molecule has 0 saturated heterocycles. The summed E-state index contributed by atoms with van der Waals surface area (Å²) < 4.78 is 0. The van der Waals surface area contributed by atoms with Gasteiger partial charge in [-0.25, -0.2) is 0 Å². The molecule has 0 bridgehead atoms. The Morgan fingerprint density at radius 2 is 1.74 bits per heavy atom. The van der Waals surface area contributed by atoms with Gasteiger partial charge >= 0.3 is 0 Å². The highest BCUT2D eigenvalue weighted by molar-refractivity contribution is 5.63. The molecule has 0 spiro atoms. The summed E-state index contributed by atoms with van der Waals surface area (Å²) >= 11 is 0. The van der Waals surface area contributed by atoms with Crippen molar-refractivity contribution in [2.75, 3.05) is 0 Å². The molecule has 0 amide bonds. The number of phenolic OH excluding ortho intramolecular Hbond substituents is 2. The first-order chi connectivity index (χ1) is 10.8. The second-order valence-corrected chi connectivity index (χ2v) is 8.08. The van der Waals surface area contributed by atoms with E-state index >= 15 is 0 Å². The van der Waals surface area contributed by atoms with Gasteiger partial charge in [0.25, 0.3) is 0 Å². The highest BCUT2D eigenvalue weighted by Crippen LogP contribution is 2.57. The standard InChI is InChI=1S/C21H30O2/c1-11(2)6-8-15-10-13(4)16-9-7-12(3)17-19(16)18(15)14(5)20(22)21(17)23/h6,12-13,15-16,22-23H,7-10H2,1-5H3/t12-,13-,15-,16?/m0/s1. The van der Waals surface area contributed by atoms with Crippen LogP contribution in [0.3, 0.4) is 0 Å². The molecular weight excluding hydrogens is 284 g/mol. The summed E-state index contributed by atoms with van der Waals surface area (Å²) in [6.45, 7) is 10.8. The van der Waals surface area contributed by atoms with E-state index in [1.165, 1.54) is 29.5 Å². The Morgan fingerprint density at radius 3 is 2.39 bits per heavy atom. The van der Waals surface area contributed by atoms with Gasteiger partial charge in [0.1, 0.15) is 0 Å². The van der Waals surface area contributed by atoms with E-state index in [2.05, 4.69) is 33.8 Å². The first-order valence-corrected chi connectivity index (χ1v) is 9.04. The molecule has 1 unspecified atom stereocenters. The Morgan fingerprint density at radius 1 is 1.04 bits per heavy atom. The third-order valence-electron chi connectivity index (χ3n) is 6.16. The van der Waals surface area contributed by atoms with Gasteiger partial charge in [-0.3, -0.25) is 0 Å². The fraction of sp³-hybridized carbons (Fsp3) is 0.619. The Kier molecular flexibility index (Phi) is 4.20. The molecule has 0 aliphatic heterocycles. The smallest absolute Gasteiger partial charge is 0.161 e. The third-order valence-corrected chi connectivity index (χ3v) is 6.16. The number of rotatable bonds is 2. The molecule has 4 atom stereocenters. The monoisotopic (exact) mass is 314 g/mol. The number of allylic oxidation sites excluding steroid dienone is 2. The van der Waals surface area contributed by atoms with Crippen molar-refractivity contribution in [2.45, 2.75) is 78.1 Å². The van der Waals surface area contributed by atoms with Crippen LogP contribution in [0.1, 0.15) is 93.4 Å². The molecule has 0 radical (unpaired) electrons. The van der Waals surface area contributed by atoms with E-state index in [0.29, 0.717) is 23.7 Å². The Balaban J connectivity index is 2.23. The summed E-state index contributed by atoms with van der Waals surface area (Å²) in [5.41, 5.74) is 6.00. The average molecular weight is 314 g/mol. The lowest BCUT2D eigenvalue weighted by molar-refractivity contribution is 0.305. The molecule has 1 aromatic rings. The summed E-state index contributed by atoms with van der Waals surface area (Å²) in [6, 6.07) is 0. The van der Waals surface area contributed by atoms with E-state index in [4.69, 9.17) is 0 Å². The van der Waals surface area contributed by atoms with Crippen molar-refractivity contribution in [3.05, 3.63) is 33.9 Å². The molecule has 0 fully saturated rings. The van der Waals surface area contributed by atoms with Crippen LogP contribution in [-0.2, 0) is 0 Å². The highest BCUT2D eigenvalue weighted by Gasteiger charge is 2.40. The van der Waals surface area contributed by atoms with Crippen molar-refractivity contribution in [1.82, 2.24) is 0 Å². The van der Waals surface area contributed by atoms with E-state index in [1.54, 1.807) is 0 Å². The predicted molar refractivity (Wildman–Crippen MR) is 95.5 cm³/mol. The number of benzene rings is 1. The molecule has 0 saturated carbocycles. The third kappa shape index (κ3) is 2.56. The minimum absolute atomic E-state index is 0.114. The maximum absolute atomic E-state index is 10.6. The minimum atomic E-state index is 0.114. The summed E-state index contributed by atoms with van der Waals surface area (Å²) in [7, 11) is 0. The molecule has 2 aliphatic carbocycles. The fourth-order valence-corrected chi connectivity index (χ4v) is 4.94. The van der Waals surface area contributed by atoms with Crippen molar-refractivity contribution in [3.8, 4) is 11.5 Å². The lowest BCUT2D eigenvalue weighted by Gasteiger charge is -2.43. The van der Waals surface area contributed by atoms with Crippen LogP contribution < -0.4 is 0 Å². The number of aromatic hydroxyl groups is 2. The topological polar surface area (TPSA) is 40.5 Å². The van der Waals surface area contributed by atoms with Crippen molar-refractivity contribution in [1.29, 1.82) is 0 Å². The van der Waals surface area contributed by atoms with Gasteiger partial charge in [0.15, 0.2) is 11.5 Å². The van der Waals surface area contributed by atoms with Gasteiger partial charge in [-0.1, -0.05) is 25.5 Å². The summed E-state index contributed by atoms with van der Waals surface area (Å²) in [5, 5.41) is 21.1. The van der Waals surface area contributed by atoms with E-state index < -0.39 is 0 Å². The van der Waals surface area contributed by atoms with Gasteiger partial charge in [-0.2, -0.15) is 0 Å². The number of hydrogen-bond acceptors (Lipinski definition) is 2. The van der Waals surface area contributed by atoms with Crippen LogP contribution in [0.5, 0.6) is 11.5 Å². The Labute approximate surface area is 140 Å². The second kappa shape index (κ2) is 5.89. The zero-order valence-corrected chi connectivity index (χ0v) is 15.1. The first-order valence-electron chi connectivity index (χ1n) is 9.04. The largest absolute Gasteiger partial charge is 0.504 e. The van der Waals surface area contributed by atoms with E-state index in [9.17, 15) is 10.2 Å². The zero-order valence-electron chi connectivity index (χ0n) is 15.1. The molecule has 3 rings (SSSR count). The summed E-state index contributed by atoms with van der Waals surface area (Å²) in [5.74, 6) is 2.25. The van der Waals surface area contributed by atoms with Gasteiger partial charge in [0.05, 0.1) is 0 Å². The normalized spacial score (nSPS) is 29.1. The molecule has 1 aromatic carbocycles. The van der Waals surface area contributed by atoms with Crippen LogP contribution in [0.2, 0.25) is 0 Å². The minimum Gasteiger partial charge on any atom is -0.504 e. The number of phenols is 2. The first kappa shape index (κ1) is 16.4. The molecular formula is C21H30O2. The van der Waals surface area contributed by atoms with Crippen molar-refractivity contribution in [3.63, 3.8) is 0 Å². The maximum Gasteiger partial charge on any atom is 0.161 e. The van der Waals surface area contributed by atoms with Gasteiger partial charge in [0.2, 0.25) is 0 Å². The highest BCUT2D eigenvalue weighted by atomic mass is 16.3. The molecule has 2 heteroatoms. The molecule has 23 heavy (non-hydrogen) atoms. The SMILES string of the molecule is CC(C)=CC[C@H]1C[C@H](C)C2CC[C@H](C)c3c(O)c(O)c(C)c1c32. The van der Waals surface area contributed by atoms with Crippen molar-refractivity contribution in [2.24, 2.45) is 5.92 Å². The summed E-state index contributed by atoms with van der Waals surface area (Å²) in [4.78, 5) is 0. The van der Waals surface area contributed by atoms with E-state index in [-0.39, 0.29) is 11.5 Å². The van der Waals surface area contributed by atoms with Gasteiger partial charge in [-0.05, 0) is 86.8 Å². The maximum atomic E-state index is 10.6. The van der Waals surface area contributed by atoms with Crippen LogP contribution in [0.15, 0.2) is 11.6 Å². The fourth-order valence-electron chi connectivity index (χ4n) is 4.94. The molecule has 0 aromatic heterocycles. The van der Waals surface area contributed by atoms with Gasteiger partial charge in [-0.15, -0.1) is 0 Å². The van der Waals surface area contributed by atoms with Crippen molar-refractivity contribution >= 4 is 0 Å². The van der Waals surface area contributed by atoms with Crippen LogP contribution in [0.4, 0.5) is 0 Å². The second-order valence-electron chi connectivity index (χ2n) is 8.08. The molecule has 2 nitrogen and oxygen atoms in total. The van der Waals surface area contributed by atoms with Crippen molar-refractivity contribution < 1.29 is 10.2 Å². The van der Waals surface area contributed by atoms with Crippen LogP contribution >= 0.6 is 0 Å². The molecule has 2 aliphatic rings. The molecule has 2 N–H and O–H groups in total. The lowest BCUT2D eigenvalue weighted by atomic mass is 9.61. The molecule has 126 valence electrons. The quantitative estimate of drug-likeness (QED) is 0.529. The van der Waals surface area contributed by atoms with Crippen LogP contribution in [-0.4, -0.2) is 10.2 Å². The van der Waals surface area contributed by atoms with Gasteiger partial charge < -0.3 is 10.2 Å².